The van der Waals surface area contributed by atoms with Gasteiger partial charge >= 0.3 is 0 Å². The predicted molar refractivity (Wildman–Crippen MR) is 110 cm³/mol. The highest BCUT2D eigenvalue weighted by Crippen LogP contribution is 2.38. The predicted octanol–water partition coefficient (Wildman–Crippen LogP) is 3.94. The van der Waals surface area contributed by atoms with Gasteiger partial charge in [-0.1, -0.05) is 24.3 Å². The molecule has 0 amide bonds. The standard InChI is InChI=1S/C22H27N3O3/c1-16(2)23-11-12-28-20(14-23)15-24-21-6-4-3-5-17(21)7-8-18-9-10-19(25(26)27)13-22(18)24/h3-6,9-10,13,16,20H,7-8,11-12,14-15H2,1-2H3. The van der Waals surface area contributed by atoms with Crippen molar-refractivity contribution in [3.8, 4) is 0 Å². The number of fused-ring (bicyclic) bond motifs is 2. The lowest BCUT2D eigenvalue weighted by Crippen LogP contribution is -2.49. The number of hydrogen-bond acceptors (Lipinski definition) is 5. The summed E-state index contributed by atoms with van der Waals surface area (Å²) in [6, 6.07) is 14.1. The third-order valence-electron chi connectivity index (χ3n) is 5.80. The molecular weight excluding hydrogens is 354 g/mol. The Morgan fingerprint density at radius 1 is 1.14 bits per heavy atom. The number of morpholine rings is 1. The Bertz CT molecular complexity index is 868. The molecule has 2 aromatic carbocycles. The normalized spacial score (nSPS) is 19.8. The molecule has 28 heavy (non-hydrogen) atoms. The van der Waals surface area contributed by atoms with E-state index in [9.17, 15) is 10.1 Å². The molecule has 2 heterocycles. The van der Waals surface area contributed by atoms with Gasteiger partial charge in [0.25, 0.3) is 5.69 Å². The van der Waals surface area contributed by atoms with Crippen molar-refractivity contribution in [1.29, 1.82) is 0 Å². The van der Waals surface area contributed by atoms with Crippen molar-refractivity contribution in [2.24, 2.45) is 0 Å². The molecule has 1 saturated heterocycles. The van der Waals surface area contributed by atoms with Gasteiger partial charge in [0.15, 0.2) is 0 Å². The lowest BCUT2D eigenvalue weighted by molar-refractivity contribution is -0.384. The van der Waals surface area contributed by atoms with Crippen LogP contribution < -0.4 is 4.90 Å². The molecular formula is C22H27N3O3. The van der Waals surface area contributed by atoms with Gasteiger partial charge in [0, 0.05) is 37.0 Å². The quantitative estimate of drug-likeness (QED) is 0.593. The number of nitro benzene ring substituents is 1. The van der Waals surface area contributed by atoms with Crippen LogP contribution in [0.4, 0.5) is 17.1 Å². The number of para-hydroxylation sites is 1. The zero-order valence-electron chi connectivity index (χ0n) is 16.5. The number of non-ortho nitro benzene ring substituents is 1. The number of benzene rings is 2. The van der Waals surface area contributed by atoms with Crippen LogP contribution in [0.2, 0.25) is 0 Å². The number of hydrogen-bond donors (Lipinski definition) is 0. The molecule has 0 bridgehead atoms. The van der Waals surface area contributed by atoms with Gasteiger partial charge in [0.05, 0.1) is 29.9 Å². The molecule has 1 fully saturated rings. The summed E-state index contributed by atoms with van der Waals surface area (Å²) < 4.78 is 6.09. The molecule has 0 radical (unpaired) electrons. The molecule has 0 spiro atoms. The van der Waals surface area contributed by atoms with Gasteiger partial charge in [-0.2, -0.15) is 0 Å². The molecule has 0 aromatic heterocycles. The second kappa shape index (κ2) is 7.89. The van der Waals surface area contributed by atoms with Crippen molar-refractivity contribution in [2.75, 3.05) is 31.1 Å². The number of nitrogens with zero attached hydrogens (tertiary/aromatic N) is 3. The van der Waals surface area contributed by atoms with Crippen molar-refractivity contribution in [2.45, 2.75) is 38.8 Å². The Labute approximate surface area is 165 Å². The summed E-state index contributed by atoms with van der Waals surface area (Å²) in [5.41, 5.74) is 4.63. The first-order valence-corrected chi connectivity index (χ1v) is 10.0. The maximum atomic E-state index is 11.4. The smallest absolute Gasteiger partial charge is 0.271 e. The number of anilines is 2. The minimum Gasteiger partial charge on any atom is -0.374 e. The molecule has 1 unspecified atom stereocenters. The molecule has 2 aliphatic heterocycles. The van der Waals surface area contributed by atoms with Crippen molar-refractivity contribution in [1.82, 2.24) is 4.90 Å². The largest absolute Gasteiger partial charge is 0.374 e. The average molecular weight is 381 g/mol. The summed E-state index contributed by atoms with van der Waals surface area (Å²) in [4.78, 5) is 15.7. The topological polar surface area (TPSA) is 58.8 Å². The van der Waals surface area contributed by atoms with Gasteiger partial charge < -0.3 is 9.64 Å². The Kier molecular flexibility index (Phi) is 5.33. The van der Waals surface area contributed by atoms with E-state index in [2.05, 4.69) is 41.8 Å². The Morgan fingerprint density at radius 3 is 2.64 bits per heavy atom. The van der Waals surface area contributed by atoms with Crippen LogP contribution in [0.3, 0.4) is 0 Å². The zero-order valence-corrected chi connectivity index (χ0v) is 16.5. The highest BCUT2D eigenvalue weighted by atomic mass is 16.6. The van der Waals surface area contributed by atoms with Gasteiger partial charge in [-0.05, 0) is 43.9 Å². The van der Waals surface area contributed by atoms with Crippen LogP contribution in [0.25, 0.3) is 0 Å². The summed E-state index contributed by atoms with van der Waals surface area (Å²) in [6.45, 7) is 7.66. The fourth-order valence-electron chi connectivity index (χ4n) is 4.24. The summed E-state index contributed by atoms with van der Waals surface area (Å²) in [5, 5.41) is 11.4. The summed E-state index contributed by atoms with van der Waals surface area (Å²) in [7, 11) is 0. The summed E-state index contributed by atoms with van der Waals surface area (Å²) in [6.07, 6.45) is 1.88. The van der Waals surface area contributed by atoms with Crippen molar-refractivity contribution < 1.29 is 9.66 Å². The van der Waals surface area contributed by atoms with E-state index < -0.39 is 0 Å². The molecule has 148 valence electrons. The van der Waals surface area contributed by atoms with E-state index in [0.29, 0.717) is 12.6 Å². The molecule has 6 nitrogen and oxygen atoms in total. The molecule has 4 rings (SSSR count). The Balaban J connectivity index is 1.72. The van der Waals surface area contributed by atoms with Gasteiger partial charge in [0.2, 0.25) is 0 Å². The first-order chi connectivity index (χ1) is 13.5. The van der Waals surface area contributed by atoms with Crippen LogP contribution in [0, 0.1) is 10.1 Å². The lowest BCUT2D eigenvalue weighted by Gasteiger charge is -2.38. The third kappa shape index (κ3) is 3.75. The van der Waals surface area contributed by atoms with E-state index in [0.717, 1.165) is 49.5 Å². The van der Waals surface area contributed by atoms with Crippen molar-refractivity contribution in [3.05, 3.63) is 63.7 Å². The van der Waals surface area contributed by atoms with E-state index >= 15 is 0 Å². The molecule has 2 aliphatic rings. The van der Waals surface area contributed by atoms with Crippen molar-refractivity contribution in [3.63, 3.8) is 0 Å². The average Bonchev–Trinajstić information content (AvgIpc) is 2.85. The van der Waals surface area contributed by atoms with Crippen LogP contribution in [-0.4, -0.2) is 48.2 Å². The van der Waals surface area contributed by atoms with E-state index in [1.807, 2.05) is 12.1 Å². The van der Waals surface area contributed by atoms with Crippen molar-refractivity contribution >= 4 is 17.1 Å². The van der Waals surface area contributed by atoms with E-state index in [1.54, 1.807) is 12.1 Å². The molecule has 0 N–H and O–H groups in total. The second-order valence-electron chi connectivity index (χ2n) is 7.89. The molecule has 2 aromatic rings. The van der Waals surface area contributed by atoms with Crippen LogP contribution in [0.15, 0.2) is 42.5 Å². The first-order valence-electron chi connectivity index (χ1n) is 10.0. The van der Waals surface area contributed by atoms with E-state index in [4.69, 9.17) is 4.74 Å². The summed E-state index contributed by atoms with van der Waals surface area (Å²) >= 11 is 0. The van der Waals surface area contributed by atoms with Gasteiger partial charge in [0.1, 0.15) is 0 Å². The van der Waals surface area contributed by atoms with E-state index in [-0.39, 0.29) is 16.7 Å². The number of aryl methyl sites for hydroxylation is 2. The van der Waals surface area contributed by atoms with Crippen LogP contribution in [0.5, 0.6) is 0 Å². The molecule has 6 heteroatoms. The minimum atomic E-state index is -0.313. The SMILES string of the molecule is CC(C)N1CCOC(CN2c3ccccc3CCc3ccc([N+](=O)[O-])cc32)C1. The fraction of sp³-hybridized carbons (Fsp3) is 0.455. The number of ether oxygens (including phenoxy) is 1. The van der Waals surface area contributed by atoms with Crippen LogP contribution >= 0.6 is 0 Å². The Hall–Kier alpha value is -2.44. The highest BCUT2D eigenvalue weighted by molar-refractivity contribution is 5.73. The maximum absolute atomic E-state index is 11.4. The third-order valence-corrected chi connectivity index (χ3v) is 5.80. The fourth-order valence-corrected chi connectivity index (χ4v) is 4.24. The van der Waals surface area contributed by atoms with Gasteiger partial charge in [-0.25, -0.2) is 0 Å². The summed E-state index contributed by atoms with van der Waals surface area (Å²) in [5.74, 6) is 0. The van der Waals surface area contributed by atoms with Crippen LogP contribution in [-0.2, 0) is 17.6 Å². The van der Waals surface area contributed by atoms with Crippen LogP contribution in [0.1, 0.15) is 25.0 Å². The monoisotopic (exact) mass is 381 g/mol. The first kappa shape index (κ1) is 18.9. The zero-order chi connectivity index (χ0) is 19.7. The molecule has 0 aliphatic carbocycles. The van der Waals surface area contributed by atoms with Gasteiger partial charge in [-0.15, -0.1) is 0 Å². The number of nitro groups is 1. The minimum absolute atomic E-state index is 0.0643. The second-order valence-corrected chi connectivity index (χ2v) is 7.89. The molecule has 0 saturated carbocycles. The number of rotatable bonds is 4. The lowest BCUT2D eigenvalue weighted by atomic mass is 10.0. The molecule has 1 atom stereocenters. The van der Waals surface area contributed by atoms with Gasteiger partial charge in [-0.3, -0.25) is 15.0 Å². The Morgan fingerprint density at radius 2 is 1.89 bits per heavy atom. The van der Waals surface area contributed by atoms with E-state index in [1.165, 1.54) is 5.56 Å². The highest BCUT2D eigenvalue weighted by Gasteiger charge is 2.28. The maximum Gasteiger partial charge on any atom is 0.271 e.